The Labute approximate surface area is 164 Å². The smallest absolute Gasteiger partial charge is 0.321 e. The summed E-state index contributed by atoms with van der Waals surface area (Å²) in [6, 6.07) is 14.4. The van der Waals surface area contributed by atoms with E-state index in [1.807, 2.05) is 30.3 Å². The van der Waals surface area contributed by atoms with Gasteiger partial charge >= 0.3 is 6.03 Å². The Kier molecular flexibility index (Phi) is 6.37. The summed E-state index contributed by atoms with van der Waals surface area (Å²) in [5.74, 6) is 0.911. The zero-order valence-corrected chi connectivity index (χ0v) is 16.1. The highest BCUT2D eigenvalue weighted by molar-refractivity contribution is 5.97. The van der Waals surface area contributed by atoms with E-state index in [2.05, 4.69) is 10.6 Å². The van der Waals surface area contributed by atoms with Crippen LogP contribution in [0.5, 0.6) is 11.5 Å². The molecule has 2 aromatic carbocycles. The molecular weight excluding hydrogens is 358 g/mol. The van der Waals surface area contributed by atoms with Crippen molar-refractivity contribution in [1.29, 1.82) is 0 Å². The molecule has 2 N–H and O–H groups in total. The van der Waals surface area contributed by atoms with E-state index in [4.69, 9.17) is 9.47 Å². The van der Waals surface area contributed by atoms with Crippen LogP contribution < -0.4 is 20.1 Å². The van der Waals surface area contributed by atoms with Gasteiger partial charge in [0.15, 0.2) is 0 Å². The molecule has 3 amide bonds. The molecule has 28 heavy (non-hydrogen) atoms. The summed E-state index contributed by atoms with van der Waals surface area (Å²) < 4.78 is 10.5. The molecule has 0 aliphatic carbocycles. The summed E-state index contributed by atoms with van der Waals surface area (Å²) in [5, 5.41) is 5.93. The number of carbonyl (C=O) groups excluding carboxylic acids is 2. The molecule has 1 aliphatic heterocycles. The molecule has 1 aliphatic rings. The van der Waals surface area contributed by atoms with Gasteiger partial charge in [0.05, 0.1) is 19.8 Å². The molecule has 0 unspecified atom stereocenters. The quantitative estimate of drug-likeness (QED) is 0.831. The Morgan fingerprint density at radius 1 is 1.00 bits per heavy atom. The first kappa shape index (κ1) is 19.5. The summed E-state index contributed by atoms with van der Waals surface area (Å²) in [5.41, 5.74) is 1.24. The first-order valence-corrected chi connectivity index (χ1v) is 9.24. The molecule has 148 valence electrons. The Balaban J connectivity index is 1.53. The van der Waals surface area contributed by atoms with Crippen molar-refractivity contribution in [2.75, 3.05) is 32.6 Å². The highest BCUT2D eigenvalue weighted by Crippen LogP contribution is 2.25. The third-order valence-corrected chi connectivity index (χ3v) is 4.80. The highest BCUT2D eigenvalue weighted by Gasteiger charge is 2.25. The molecule has 0 bridgehead atoms. The summed E-state index contributed by atoms with van der Waals surface area (Å²) in [4.78, 5) is 26.8. The molecule has 0 radical (unpaired) electrons. The van der Waals surface area contributed by atoms with Gasteiger partial charge in [-0.05, 0) is 37.1 Å². The van der Waals surface area contributed by atoms with Crippen LogP contribution in [0.25, 0.3) is 0 Å². The number of methoxy groups -OCH3 is 2. The predicted octanol–water partition coefficient (Wildman–Crippen LogP) is 3.13. The van der Waals surface area contributed by atoms with Crippen LogP contribution in [0.3, 0.4) is 0 Å². The molecule has 1 saturated heterocycles. The molecule has 0 aromatic heterocycles. The van der Waals surface area contributed by atoms with E-state index in [0.717, 1.165) is 5.69 Å². The number of hydrogen-bond donors (Lipinski definition) is 2. The van der Waals surface area contributed by atoms with E-state index in [1.165, 1.54) is 7.11 Å². The largest absolute Gasteiger partial charge is 0.497 e. The summed E-state index contributed by atoms with van der Waals surface area (Å²) in [7, 11) is 3.09. The number of para-hydroxylation sites is 1. The Bertz CT molecular complexity index is 818. The van der Waals surface area contributed by atoms with Crippen molar-refractivity contribution in [3.8, 4) is 11.5 Å². The average Bonchev–Trinajstić information content (AvgIpc) is 2.74. The van der Waals surface area contributed by atoms with E-state index < -0.39 is 0 Å². The molecule has 0 spiro atoms. The number of likely N-dealkylation sites (tertiary alicyclic amines) is 1. The van der Waals surface area contributed by atoms with Crippen LogP contribution in [0.15, 0.2) is 48.5 Å². The fourth-order valence-electron chi connectivity index (χ4n) is 3.20. The number of hydrogen-bond acceptors (Lipinski definition) is 4. The number of nitrogens with zero attached hydrogens (tertiary/aromatic N) is 1. The summed E-state index contributed by atoms with van der Waals surface area (Å²) in [6.45, 7) is 1.17. The number of piperidine rings is 1. The maximum absolute atomic E-state index is 12.6. The lowest BCUT2D eigenvalue weighted by Gasteiger charge is -2.32. The summed E-state index contributed by atoms with van der Waals surface area (Å²) in [6.07, 6.45) is 1.40. The first-order chi connectivity index (χ1) is 13.6. The fourth-order valence-corrected chi connectivity index (χ4v) is 3.20. The minimum absolute atomic E-state index is 0.0140. The predicted molar refractivity (Wildman–Crippen MR) is 107 cm³/mol. The monoisotopic (exact) mass is 383 g/mol. The molecule has 7 nitrogen and oxygen atoms in total. The van der Waals surface area contributed by atoms with Gasteiger partial charge in [0.25, 0.3) is 5.91 Å². The Hall–Kier alpha value is -3.22. The van der Waals surface area contributed by atoms with Crippen molar-refractivity contribution in [3.05, 3.63) is 54.1 Å². The first-order valence-electron chi connectivity index (χ1n) is 9.24. The molecular formula is C21H25N3O4. The lowest BCUT2D eigenvalue weighted by Crippen LogP contribution is -2.47. The van der Waals surface area contributed by atoms with Crippen molar-refractivity contribution in [2.24, 2.45) is 0 Å². The number of anilines is 1. The Morgan fingerprint density at radius 2 is 1.71 bits per heavy atom. The zero-order valence-electron chi connectivity index (χ0n) is 16.1. The molecule has 7 heteroatoms. The minimum Gasteiger partial charge on any atom is -0.497 e. The van der Waals surface area contributed by atoms with Gasteiger partial charge in [-0.3, -0.25) is 4.79 Å². The minimum atomic E-state index is -0.188. The number of urea groups is 1. The van der Waals surface area contributed by atoms with Crippen LogP contribution in [-0.4, -0.2) is 50.2 Å². The maximum atomic E-state index is 12.6. The second kappa shape index (κ2) is 9.12. The van der Waals surface area contributed by atoms with Crippen molar-refractivity contribution in [2.45, 2.75) is 18.9 Å². The van der Waals surface area contributed by atoms with Crippen molar-refractivity contribution >= 4 is 17.6 Å². The third-order valence-electron chi connectivity index (χ3n) is 4.80. The number of ether oxygens (including phenoxy) is 2. The average molecular weight is 383 g/mol. The van der Waals surface area contributed by atoms with Gasteiger partial charge in [0.1, 0.15) is 11.5 Å². The van der Waals surface area contributed by atoms with E-state index >= 15 is 0 Å². The molecule has 0 atom stereocenters. The Morgan fingerprint density at radius 3 is 2.36 bits per heavy atom. The van der Waals surface area contributed by atoms with E-state index in [9.17, 15) is 9.59 Å². The van der Waals surface area contributed by atoms with Gasteiger partial charge in [-0.1, -0.05) is 18.2 Å². The van der Waals surface area contributed by atoms with Crippen molar-refractivity contribution in [3.63, 3.8) is 0 Å². The second-order valence-electron chi connectivity index (χ2n) is 6.60. The standard InChI is InChI=1S/C21H25N3O4/c1-27-17-8-9-18(19(14-17)28-2)20(25)22-16-10-12-24(13-11-16)21(26)23-15-6-4-3-5-7-15/h3-9,14,16H,10-13H2,1-2H3,(H,22,25)(H,23,26). The van der Waals surface area contributed by atoms with Gasteiger partial charge < -0.3 is 25.0 Å². The number of rotatable bonds is 5. The van der Waals surface area contributed by atoms with Gasteiger partial charge in [0.2, 0.25) is 0 Å². The van der Waals surface area contributed by atoms with Crippen LogP contribution in [-0.2, 0) is 0 Å². The fraction of sp³-hybridized carbons (Fsp3) is 0.333. The molecule has 2 aromatic rings. The molecule has 3 rings (SSSR count). The van der Waals surface area contributed by atoms with Gasteiger partial charge in [0, 0.05) is 30.9 Å². The van der Waals surface area contributed by atoms with Crippen LogP contribution in [0.1, 0.15) is 23.2 Å². The SMILES string of the molecule is COc1ccc(C(=O)NC2CCN(C(=O)Nc3ccccc3)CC2)c(OC)c1. The maximum Gasteiger partial charge on any atom is 0.321 e. The van der Waals surface area contributed by atoms with E-state index in [-0.39, 0.29) is 18.0 Å². The van der Waals surface area contributed by atoms with E-state index in [0.29, 0.717) is 43.0 Å². The number of amides is 3. The van der Waals surface area contributed by atoms with Crippen LogP contribution in [0.2, 0.25) is 0 Å². The van der Waals surface area contributed by atoms with Gasteiger partial charge in [-0.15, -0.1) is 0 Å². The zero-order chi connectivity index (χ0) is 19.9. The molecule has 0 saturated carbocycles. The van der Waals surface area contributed by atoms with Gasteiger partial charge in [-0.2, -0.15) is 0 Å². The molecule has 1 fully saturated rings. The third kappa shape index (κ3) is 4.73. The summed E-state index contributed by atoms with van der Waals surface area (Å²) >= 11 is 0. The second-order valence-corrected chi connectivity index (χ2v) is 6.60. The van der Waals surface area contributed by atoms with Crippen molar-refractivity contribution in [1.82, 2.24) is 10.2 Å². The number of benzene rings is 2. The lowest BCUT2D eigenvalue weighted by molar-refractivity contribution is 0.0916. The molecule has 1 heterocycles. The van der Waals surface area contributed by atoms with Crippen LogP contribution >= 0.6 is 0 Å². The number of nitrogens with one attached hydrogen (secondary N) is 2. The van der Waals surface area contributed by atoms with Crippen LogP contribution in [0.4, 0.5) is 10.5 Å². The van der Waals surface area contributed by atoms with E-state index in [1.54, 1.807) is 30.2 Å². The number of carbonyl (C=O) groups is 2. The topological polar surface area (TPSA) is 79.9 Å². The normalized spacial score (nSPS) is 14.3. The van der Waals surface area contributed by atoms with Gasteiger partial charge in [-0.25, -0.2) is 4.79 Å². The lowest BCUT2D eigenvalue weighted by atomic mass is 10.0. The van der Waals surface area contributed by atoms with Crippen molar-refractivity contribution < 1.29 is 19.1 Å². The van der Waals surface area contributed by atoms with Crippen LogP contribution in [0, 0.1) is 0 Å². The highest BCUT2D eigenvalue weighted by atomic mass is 16.5.